The van der Waals surface area contributed by atoms with Crippen LogP contribution in [0.3, 0.4) is 0 Å². The highest BCUT2D eigenvalue weighted by Gasteiger charge is 2.28. The number of aliphatic hydroxyl groups excluding tert-OH is 1. The van der Waals surface area contributed by atoms with Crippen LogP contribution >= 0.6 is 0 Å². The van der Waals surface area contributed by atoms with Gasteiger partial charge in [0.15, 0.2) is 0 Å². The number of hydrogen-bond donors (Lipinski definition) is 2. The molecular weight excluding hydrogens is 190 g/mol. The smallest absolute Gasteiger partial charge is 0.0651 e. The number of aromatic nitrogens is 2. The molecule has 4 nitrogen and oxygen atoms in total. The fourth-order valence-electron chi connectivity index (χ4n) is 2.07. The zero-order chi connectivity index (χ0) is 11.8. The van der Waals surface area contributed by atoms with Crippen molar-refractivity contribution in [3.63, 3.8) is 0 Å². The Morgan fingerprint density at radius 3 is 2.33 bits per heavy atom. The molecule has 0 saturated carbocycles. The molecule has 0 aliphatic carbocycles. The van der Waals surface area contributed by atoms with Crippen molar-refractivity contribution in [1.82, 2.24) is 9.78 Å². The van der Waals surface area contributed by atoms with Crippen LogP contribution in [0.1, 0.15) is 43.8 Å². The third-order valence-electron chi connectivity index (χ3n) is 2.71. The summed E-state index contributed by atoms with van der Waals surface area (Å²) in [4.78, 5) is 0. The minimum absolute atomic E-state index is 0.0710. The van der Waals surface area contributed by atoms with Gasteiger partial charge in [0.2, 0.25) is 0 Å². The molecule has 4 heteroatoms. The molecule has 0 spiro atoms. The fourth-order valence-corrected chi connectivity index (χ4v) is 2.07. The molecule has 15 heavy (non-hydrogen) atoms. The molecule has 1 atom stereocenters. The molecule has 0 fully saturated rings. The van der Waals surface area contributed by atoms with E-state index in [-0.39, 0.29) is 6.61 Å². The Hall–Kier alpha value is -0.870. The molecule has 1 aromatic rings. The second kappa shape index (κ2) is 3.94. The number of hydrogen-bond acceptors (Lipinski definition) is 3. The normalized spacial score (nSPS) is 15.7. The Kier molecular flexibility index (Phi) is 3.21. The van der Waals surface area contributed by atoms with Gasteiger partial charge in [-0.2, -0.15) is 5.10 Å². The lowest BCUT2D eigenvalue weighted by Crippen LogP contribution is -2.38. The molecule has 1 aromatic heterocycles. The van der Waals surface area contributed by atoms with Crippen molar-refractivity contribution >= 4 is 0 Å². The van der Waals surface area contributed by atoms with Crippen LogP contribution in [-0.4, -0.2) is 21.5 Å². The van der Waals surface area contributed by atoms with E-state index in [0.29, 0.717) is 6.04 Å². The quantitative estimate of drug-likeness (QED) is 0.790. The van der Waals surface area contributed by atoms with E-state index in [1.54, 1.807) is 0 Å². The van der Waals surface area contributed by atoms with Crippen LogP contribution in [0.15, 0.2) is 0 Å². The van der Waals surface area contributed by atoms with E-state index in [0.717, 1.165) is 17.0 Å². The van der Waals surface area contributed by atoms with Crippen molar-refractivity contribution < 1.29 is 5.11 Å². The molecule has 0 amide bonds. The summed E-state index contributed by atoms with van der Waals surface area (Å²) >= 11 is 0. The Bertz CT molecular complexity index is 353. The highest BCUT2D eigenvalue weighted by Crippen LogP contribution is 2.26. The van der Waals surface area contributed by atoms with Gasteiger partial charge in [0.25, 0.3) is 0 Å². The number of nitrogens with zero attached hydrogens (tertiary/aromatic N) is 2. The maximum absolute atomic E-state index is 9.28. The van der Waals surface area contributed by atoms with Crippen molar-refractivity contribution in [2.24, 2.45) is 5.73 Å². The molecule has 0 aromatic carbocycles. The first kappa shape index (κ1) is 12.2. The van der Waals surface area contributed by atoms with Gasteiger partial charge >= 0.3 is 0 Å². The molecule has 0 saturated heterocycles. The van der Waals surface area contributed by atoms with Crippen LogP contribution in [0.4, 0.5) is 0 Å². The second-order valence-corrected chi connectivity index (χ2v) is 4.66. The van der Waals surface area contributed by atoms with Crippen LogP contribution in [-0.2, 0) is 5.54 Å². The van der Waals surface area contributed by atoms with E-state index in [1.807, 2.05) is 25.5 Å². The van der Waals surface area contributed by atoms with E-state index >= 15 is 0 Å². The Labute approximate surface area is 91.1 Å². The summed E-state index contributed by atoms with van der Waals surface area (Å²) in [6.07, 6.45) is 0. The molecule has 1 unspecified atom stereocenters. The first-order chi connectivity index (χ1) is 6.81. The van der Waals surface area contributed by atoms with Crippen LogP contribution in [0.25, 0.3) is 0 Å². The summed E-state index contributed by atoms with van der Waals surface area (Å²) in [5.74, 6) is 0. The number of aliphatic hydroxyl groups is 1. The number of aryl methyl sites for hydroxylation is 1. The highest BCUT2D eigenvalue weighted by molar-refractivity contribution is 5.32. The van der Waals surface area contributed by atoms with Gasteiger partial charge in [0, 0.05) is 17.3 Å². The summed E-state index contributed by atoms with van der Waals surface area (Å²) in [7, 11) is 0. The molecule has 86 valence electrons. The molecule has 0 radical (unpaired) electrons. The van der Waals surface area contributed by atoms with Crippen molar-refractivity contribution in [2.45, 2.75) is 46.2 Å². The molecule has 0 bridgehead atoms. The summed E-state index contributed by atoms with van der Waals surface area (Å²) in [6.45, 7) is 9.84. The zero-order valence-corrected chi connectivity index (χ0v) is 10.2. The Balaban J connectivity index is 3.31. The number of nitrogens with two attached hydrogens (primary N) is 1. The Morgan fingerprint density at radius 1 is 1.47 bits per heavy atom. The van der Waals surface area contributed by atoms with E-state index in [9.17, 15) is 5.11 Å². The van der Waals surface area contributed by atoms with E-state index in [2.05, 4.69) is 18.9 Å². The lowest BCUT2D eigenvalue weighted by Gasteiger charge is -2.23. The molecule has 0 aliphatic rings. The summed E-state index contributed by atoms with van der Waals surface area (Å²) in [6, 6.07) is 0.312. The van der Waals surface area contributed by atoms with Crippen LogP contribution in [0, 0.1) is 13.8 Å². The molecule has 3 N–H and O–H groups in total. The van der Waals surface area contributed by atoms with Gasteiger partial charge in [-0.25, -0.2) is 0 Å². The third kappa shape index (κ3) is 2.06. The third-order valence-corrected chi connectivity index (χ3v) is 2.71. The maximum Gasteiger partial charge on any atom is 0.0651 e. The monoisotopic (exact) mass is 211 g/mol. The molecule has 1 rings (SSSR count). The number of rotatable bonds is 3. The summed E-state index contributed by atoms with van der Waals surface area (Å²) in [5.41, 5.74) is 8.25. The first-order valence-electron chi connectivity index (χ1n) is 5.27. The minimum atomic E-state index is -0.707. The molecule has 1 heterocycles. The first-order valence-corrected chi connectivity index (χ1v) is 5.27. The van der Waals surface area contributed by atoms with Crippen LogP contribution < -0.4 is 5.73 Å². The van der Waals surface area contributed by atoms with Crippen LogP contribution in [0.2, 0.25) is 0 Å². The van der Waals surface area contributed by atoms with Gasteiger partial charge < -0.3 is 10.8 Å². The predicted octanol–water partition coefficient (Wildman–Crippen LogP) is 1.25. The highest BCUT2D eigenvalue weighted by atomic mass is 16.3. The SMILES string of the molecule is Cc1nn(C(C)C)c(C)c1C(C)(N)CO. The Morgan fingerprint density at radius 2 is 2.00 bits per heavy atom. The maximum atomic E-state index is 9.28. The topological polar surface area (TPSA) is 64.1 Å². The van der Waals surface area contributed by atoms with Gasteiger partial charge in [0.05, 0.1) is 17.8 Å². The molecule has 0 aliphatic heterocycles. The van der Waals surface area contributed by atoms with Crippen molar-refractivity contribution in [3.8, 4) is 0 Å². The fraction of sp³-hybridized carbons (Fsp3) is 0.727. The summed E-state index contributed by atoms with van der Waals surface area (Å²) in [5, 5.41) is 13.7. The van der Waals surface area contributed by atoms with Crippen LogP contribution in [0.5, 0.6) is 0 Å². The summed E-state index contributed by atoms with van der Waals surface area (Å²) < 4.78 is 1.95. The second-order valence-electron chi connectivity index (χ2n) is 4.66. The average Bonchev–Trinajstić information content (AvgIpc) is 2.42. The lowest BCUT2D eigenvalue weighted by atomic mass is 9.92. The van der Waals surface area contributed by atoms with Gasteiger partial charge in [-0.1, -0.05) is 0 Å². The largest absolute Gasteiger partial charge is 0.394 e. The van der Waals surface area contributed by atoms with Crippen molar-refractivity contribution in [1.29, 1.82) is 0 Å². The standard InChI is InChI=1S/C11H21N3O/c1-7(2)14-9(4)10(8(3)13-14)11(5,12)6-15/h7,15H,6,12H2,1-5H3. The zero-order valence-electron chi connectivity index (χ0n) is 10.2. The molecular formula is C11H21N3O. The average molecular weight is 211 g/mol. The van der Waals surface area contributed by atoms with E-state index in [4.69, 9.17) is 5.73 Å². The van der Waals surface area contributed by atoms with Crippen molar-refractivity contribution in [3.05, 3.63) is 17.0 Å². The van der Waals surface area contributed by atoms with Gasteiger partial charge in [-0.15, -0.1) is 0 Å². The minimum Gasteiger partial charge on any atom is -0.394 e. The predicted molar refractivity (Wildman–Crippen MR) is 60.7 cm³/mol. The van der Waals surface area contributed by atoms with E-state index < -0.39 is 5.54 Å². The van der Waals surface area contributed by atoms with Gasteiger partial charge in [-0.3, -0.25) is 4.68 Å². The lowest BCUT2D eigenvalue weighted by molar-refractivity contribution is 0.209. The van der Waals surface area contributed by atoms with Gasteiger partial charge in [-0.05, 0) is 34.6 Å². The van der Waals surface area contributed by atoms with Gasteiger partial charge in [0.1, 0.15) is 0 Å². The van der Waals surface area contributed by atoms with E-state index in [1.165, 1.54) is 0 Å². The van der Waals surface area contributed by atoms with Crippen molar-refractivity contribution in [2.75, 3.05) is 6.61 Å².